The van der Waals surface area contributed by atoms with Gasteiger partial charge < -0.3 is 5.73 Å². The van der Waals surface area contributed by atoms with Gasteiger partial charge in [-0.3, -0.25) is 4.79 Å². The second-order valence-electron chi connectivity index (χ2n) is 4.73. The van der Waals surface area contributed by atoms with Gasteiger partial charge in [0.05, 0.1) is 0 Å². The lowest BCUT2D eigenvalue weighted by Crippen LogP contribution is -2.28. The maximum absolute atomic E-state index is 12.0. The molecule has 1 atom stereocenters. The predicted octanol–water partition coefficient (Wildman–Crippen LogP) is 2.68. The molecule has 2 nitrogen and oxygen atoms in total. The minimum absolute atomic E-state index is 0.146. The highest BCUT2D eigenvalue weighted by Gasteiger charge is 2.28. The molecular formula is C13H23NO. The smallest absolute Gasteiger partial charge is 0.161 e. The first kappa shape index (κ1) is 12.4. The average Bonchev–Trinajstić information content (AvgIpc) is 2.26. The zero-order chi connectivity index (χ0) is 11.3. The molecule has 2 N–H and O–H groups in total. The van der Waals surface area contributed by atoms with Gasteiger partial charge in [-0.05, 0) is 44.2 Å². The molecule has 0 aromatic carbocycles. The Morgan fingerprint density at radius 1 is 1.40 bits per heavy atom. The summed E-state index contributed by atoms with van der Waals surface area (Å²) in [5, 5.41) is 0. The van der Waals surface area contributed by atoms with E-state index in [1.165, 1.54) is 32.1 Å². The van der Waals surface area contributed by atoms with Crippen LogP contribution in [0.4, 0.5) is 0 Å². The molecule has 0 saturated heterocycles. The Bertz CT molecular complexity index is 229. The summed E-state index contributed by atoms with van der Waals surface area (Å²) in [4.78, 5) is 12.0. The molecule has 15 heavy (non-hydrogen) atoms. The molecule has 0 aliphatic heterocycles. The lowest BCUT2D eigenvalue weighted by atomic mass is 9.75. The van der Waals surface area contributed by atoms with Gasteiger partial charge in [-0.1, -0.05) is 25.8 Å². The predicted molar refractivity (Wildman–Crippen MR) is 63.6 cm³/mol. The largest absolute Gasteiger partial charge is 0.330 e. The fourth-order valence-corrected chi connectivity index (χ4v) is 2.61. The average molecular weight is 209 g/mol. The van der Waals surface area contributed by atoms with Crippen molar-refractivity contribution < 1.29 is 4.79 Å². The van der Waals surface area contributed by atoms with Crippen LogP contribution >= 0.6 is 0 Å². The van der Waals surface area contributed by atoms with Gasteiger partial charge in [0.15, 0.2) is 5.78 Å². The molecule has 1 fully saturated rings. The van der Waals surface area contributed by atoms with Crippen LogP contribution in [0, 0.1) is 11.8 Å². The highest BCUT2D eigenvalue weighted by molar-refractivity contribution is 5.96. The number of Topliss-reactive ketones (excluding diaryl/α,β-unsaturated/α-hetero) is 1. The van der Waals surface area contributed by atoms with Crippen molar-refractivity contribution >= 4 is 5.78 Å². The molecule has 1 rings (SSSR count). The van der Waals surface area contributed by atoms with Gasteiger partial charge in [0.25, 0.3) is 0 Å². The number of hydrogen-bond acceptors (Lipinski definition) is 2. The van der Waals surface area contributed by atoms with Gasteiger partial charge in [0.2, 0.25) is 0 Å². The van der Waals surface area contributed by atoms with Crippen LogP contribution in [0.1, 0.15) is 45.4 Å². The molecule has 0 heterocycles. The Kier molecular flexibility index (Phi) is 5.03. The number of carbonyl (C=O) groups is 1. The molecule has 1 aliphatic carbocycles. The van der Waals surface area contributed by atoms with E-state index in [9.17, 15) is 4.79 Å². The zero-order valence-electron chi connectivity index (χ0n) is 9.80. The number of carbonyl (C=O) groups excluding carboxylic acids is 1. The molecule has 0 spiro atoms. The summed E-state index contributed by atoms with van der Waals surface area (Å²) in [7, 11) is 0. The number of allylic oxidation sites excluding steroid dienone is 1. The van der Waals surface area contributed by atoms with Crippen LogP contribution in [0.25, 0.3) is 0 Å². The van der Waals surface area contributed by atoms with E-state index in [4.69, 9.17) is 5.73 Å². The van der Waals surface area contributed by atoms with Gasteiger partial charge in [-0.25, -0.2) is 0 Å². The van der Waals surface area contributed by atoms with Crippen LogP contribution in [0.5, 0.6) is 0 Å². The third kappa shape index (κ3) is 3.45. The Labute approximate surface area is 92.9 Å². The van der Waals surface area contributed by atoms with Crippen LogP contribution < -0.4 is 5.73 Å². The SMILES string of the molecule is C=C(C)C(=O)C(CCN)C1CCCCC1. The van der Waals surface area contributed by atoms with E-state index in [1.54, 1.807) is 0 Å². The van der Waals surface area contributed by atoms with Crippen LogP contribution in [-0.2, 0) is 4.79 Å². The second kappa shape index (κ2) is 6.06. The van der Waals surface area contributed by atoms with E-state index in [-0.39, 0.29) is 11.7 Å². The van der Waals surface area contributed by atoms with Gasteiger partial charge >= 0.3 is 0 Å². The van der Waals surface area contributed by atoms with Crippen molar-refractivity contribution in [3.8, 4) is 0 Å². The van der Waals surface area contributed by atoms with Crippen LogP contribution in [0.15, 0.2) is 12.2 Å². The normalized spacial score (nSPS) is 19.9. The maximum Gasteiger partial charge on any atom is 0.161 e. The summed E-state index contributed by atoms with van der Waals surface area (Å²) in [6.07, 6.45) is 7.10. The minimum atomic E-state index is 0.146. The van der Waals surface area contributed by atoms with Crippen LogP contribution in [0.2, 0.25) is 0 Å². The van der Waals surface area contributed by atoms with Crippen LogP contribution in [-0.4, -0.2) is 12.3 Å². The number of hydrogen-bond donors (Lipinski definition) is 1. The van der Waals surface area contributed by atoms with Gasteiger partial charge in [-0.15, -0.1) is 0 Å². The topological polar surface area (TPSA) is 43.1 Å². The number of rotatable bonds is 5. The first-order valence-corrected chi connectivity index (χ1v) is 6.06. The molecule has 0 aromatic rings. The molecule has 0 bridgehead atoms. The Morgan fingerprint density at radius 3 is 2.47 bits per heavy atom. The molecule has 1 unspecified atom stereocenters. The zero-order valence-corrected chi connectivity index (χ0v) is 9.80. The first-order valence-electron chi connectivity index (χ1n) is 6.06. The standard InChI is InChI=1S/C13H23NO/c1-10(2)13(15)12(8-9-14)11-6-4-3-5-7-11/h11-12H,1,3-9,14H2,2H3. The summed E-state index contributed by atoms with van der Waals surface area (Å²) in [6.45, 7) is 6.19. The molecule has 0 aromatic heterocycles. The minimum Gasteiger partial charge on any atom is -0.330 e. The van der Waals surface area contributed by atoms with E-state index >= 15 is 0 Å². The van der Waals surface area contributed by atoms with Gasteiger partial charge in [0.1, 0.15) is 0 Å². The van der Waals surface area contributed by atoms with E-state index in [2.05, 4.69) is 6.58 Å². The molecule has 1 aliphatic rings. The second-order valence-corrected chi connectivity index (χ2v) is 4.73. The highest BCUT2D eigenvalue weighted by Crippen LogP contribution is 2.33. The van der Waals surface area contributed by atoms with Crippen LogP contribution in [0.3, 0.4) is 0 Å². The summed E-state index contributed by atoms with van der Waals surface area (Å²) < 4.78 is 0. The third-order valence-electron chi connectivity index (χ3n) is 3.45. The third-order valence-corrected chi connectivity index (χ3v) is 3.45. The Hall–Kier alpha value is -0.630. The maximum atomic E-state index is 12.0. The van der Waals surface area contributed by atoms with E-state index in [0.29, 0.717) is 18.0 Å². The molecule has 2 heteroatoms. The summed E-state index contributed by atoms with van der Waals surface area (Å²) in [5.41, 5.74) is 6.29. The summed E-state index contributed by atoms with van der Waals surface area (Å²) >= 11 is 0. The molecule has 1 saturated carbocycles. The van der Waals surface area contributed by atoms with Crippen molar-refractivity contribution in [3.63, 3.8) is 0 Å². The van der Waals surface area contributed by atoms with Crippen molar-refractivity contribution in [2.45, 2.75) is 45.4 Å². The number of nitrogens with two attached hydrogens (primary N) is 1. The first-order chi connectivity index (χ1) is 7.16. The monoisotopic (exact) mass is 209 g/mol. The summed E-state index contributed by atoms with van der Waals surface area (Å²) in [5.74, 6) is 0.951. The van der Waals surface area contributed by atoms with E-state index < -0.39 is 0 Å². The summed E-state index contributed by atoms with van der Waals surface area (Å²) in [6, 6.07) is 0. The van der Waals surface area contributed by atoms with E-state index in [0.717, 1.165) is 6.42 Å². The highest BCUT2D eigenvalue weighted by atomic mass is 16.1. The van der Waals surface area contributed by atoms with Gasteiger partial charge in [-0.2, -0.15) is 0 Å². The van der Waals surface area contributed by atoms with Gasteiger partial charge in [0, 0.05) is 5.92 Å². The fourth-order valence-electron chi connectivity index (χ4n) is 2.61. The Morgan fingerprint density at radius 2 is 2.00 bits per heavy atom. The Balaban J connectivity index is 2.62. The molecule has 0 radical (unpaired) electrons. The fraction of sp³-hybridized carbons (Fsp3) is 0.769. The van der Waals surface area contributed by atoms with Crippen molar-refractivity contribution in [2.75, 3.05) is 6.54 Å². The molecule has 86 valence electrons. The van der Waals surface area contributed by atoms with E-state index in [1.807, 2.05) is 6.92 Å². The lowest BCUT2D eigenvalue weighted by molar-refractivity contribution is -0.121. The van der Waals surface area contributed by atoms with Crippen molar-refractivity contribution in [1.29, 1.82) is 0 Å². The quantitative estimate of drug-likeness (QED) is 0.707. The molecule has 0 amide bonds. The number of ketones is 1. The lowest BCUT2D eigenvalue weighted by Gasteiger charge is -2.29. The van der Waals surface area contributed by atoms with Crippen molar-refractivity contribution in [1.82, 2.24) is 0 Å². The van der Waals surface area contributed by atoms with Crippen molar-refractivity contribution in [3.05, 3.63) is 12.2 Å². The van der Waals surface area contributed by atoms with Crippen molar-refractivity contribution in [2.24, 2.45) is 17.6 Å². The molecular weight excluding hydrogens is 186 g/mol.